The average Bonchev–Trinajstić information content (AvgIpc) is 2.92. The smallest absolute Gasteiger partial charge is 0.324 e. The average molecular weight is 321 g/mol. The predicted molar refractivity (Wildman–Crippen MR) is 85.7 cm³/mol. The first-order valence-electron chi connectivity index (χ1n) is 9.03. The maximum Gasteiger partial charge on any atom is 0.324 e. The minimum absolute atomic E-state index is 0.0487. The van der Waals surface area contributed by atoms with E-state index in [1.807, 2.05) is 4.90 Å². The summed E-state index contributed by atoms with van der Waals surface area (Å²) < 4.78 is 0. The summed E-state index contributed by atoms with van der Waals surface area (Å²) in [4.78, 5) is 39.1. The van der Waals surface area contributed by atoms with E-state index in [0.29, 0.717) is 32.4 Å². The Balaban J connectivity index is 1.42. The van der Waals surface area contributed by atoms with E-state index in [0.717, 1.165) is 12.3 Å². The molecule has 2 aliphatic heterocycles. The van der Waals surface area contributed by atoms with Gasteiger partial charge in [0, 0.05) is 25.6 Å². The fraction of sp³-hybridized carbons (Fsp3) is 0.824. The van der Waals surface area contributed by atoms with E-state index in [1.165, 1.54) is 37.0 Å². The molecule has 3 rings (SSSR count). The molecule has 0 aromatic carbocycles. The highest BCUT2D eigenvalue weighted by atomic mass is 16.2. The second-order valence-electron chi connectivity index (χ2n) is 7.08. The number of nitrogens with zero attached hydrogens (tertiary/aromatic N) is 2. The third-order valence-corrected chi connectivity index (χ3v) is 5.55. The van der Waals surface area contributed by atoms with E-state index < -0.39 is 0 Å². The standard InChI is InChI=1S/C17H27N3O3/c21-15(7-6-13-4-2-1-3-5-13)19-10-8-14(9-11-19)20-16(22)12-18-17(20)23/h13-14H,1-12H2,(H,18,23). The third kappa shape index (κ3) is 3.85. The van der Waals surface area contributed by atoms with E-state index >= 15 is 0 Å². The molecular weight excluding hydrogens is 294 g/mol. The fourth-order valence-corrected chi connectivity index (χ4v) is 4.14. The van der Waals surface area contributed by atoms with Gasteiger partial charge in [0.1, 0.15) is 0 Å². The molecule has 2 heterocycles. The van der Waals surface area contributed by atoms with Crippen LogP contribution in [0.15, 0.2) is 0 Å². The normalized spacial score (nSPS) is 24.2. The molecule has 3 aliphatic rings. The summed E-state index contributed by atoms with van der Waals surface area (Å²) in [7, 11) is 0. The molecule has 1 N–H and O–H groups in total. The highest BCUT2D eigenvalue weighted by molar-refractivity contribution is 6.02. The number of hydrogen-bond donors (Lipinski definition) is 1. The fourth-order valence-electron chi connectivity index (χ4n) is 4.14. The van der Waals surface area contributed by atoms with Crippen LogP contribution < -0.4 is 5.32 Å². The van der Waals surface area contributed by atoms with Crippen molar-refractivity contribution in [3.8, 4) is 0 Å². The molecule has 4 amide bonds. The van der Waals surface area contributed by atoms with Crippen LogP contribution in [0.5, 0.6) is 0 Å². The predicted octanol–water partition coefficient (Wildman–Crippen LogP) is 1.89. The Hall–Kier alpha value is -1.59. The van der Waals surface area contributed by atoms with Gasteiger partial charge in [-0.3, -0.25) is 14.5 Å². The number of hydrogen-bond acceptors (Lipinski definition) is 3. The zero-order valence-corrected chi connectivity index (χ0v) is 13.8. The van der Waals surface area contributed by atoms with Crippen LogP contribution in [0.25, 0.3) is 0 Å². The maximum absolute atomic E-state index is 12.4. The SMILES string of the molecule is O=C(CCC1CCCCC1)N1CCC(N2C(=O)CNC2=O)CC1. The van der Waals surface area contributed by atoms with Crippen LogP contribution in [0.2, 0.25) is 0 Å². The molecule has 0 aromatic rings. The van der Waals surface area contributed by atoms with Crippen LogP contribution in [0.1, 0.15) is 57.8 Å². The Labute approximate surface area is 137 Å². The molecule has 0 aromatic heterocycles. The second kappa shape index (κ2) is 7.32. The number of amides is 4. The molecule has 3 fully saturated rings. The number of likely N-dealkylation sites (tertiary alicyclic amines) is 1. The number of nitrogens with one attached hydrogen (secondary N) is 1. The van der Waals surface area contributed by atoms with Crippen LogP contribution in [-0.4, -0.2) is 53.3 Å². The van der Waals surface area contributed by atoms with Crippen molar-refractivity contribution >= 4 is 17.8 Å². The second-order valence-corrected chi connectivity index (χ2v) is 7.08. The number of carbonyl (C=O) groups excluding carboxylic acids is 3. The van der Waals surface area contributed by atoms with Crippen LogP contribution in [0.4, 0.5) is 4.79 Å². The van der Waals surface area contributed by atoms with Gasteiger partial charge in [-0.1, -0.05) is 32.1 Å². The Bertz CT molecular complexity index is 450. The molecule has 0 spiro atoms. The molecule has 2 saturated heterocycles. The van der Waals surface area contributed by atoms with Gasteiger partial charge in [0.25, 0.3) is 0 Å². The molecule has 1 saturated carbocycles. The number of imide groups is 1. The van der Waals surface area contributed by atoms with Crippen molar-refractivity contribution in [2.24, 2.45) is 5.92 Å². The Morgan fingerprint density at radius 3 is 2.35 bits per heavy atom. The molecule has 23 heavy (non-hydrogen) atoms. The number of piperidine rings is 1. The summed E-state index contributed by atoms with van der Waals surface area (Å²) in [6, 6.07) is -0.329. The zero-order valence-electron chi connectivity index (χ0n) is 13.8. The quantitative estimate of drug-likeness (QED) is 0.804. The summed E-state index contributed by atoms with van der Waals surface area (Å²) in [5.41, 5.74) is 0. The van der Waals surface area contributed by atoms with E-state index in [9.17, 15) is 14.4 Å². The lowest BCUT2D eigenvalue weighted by Crippen LogP contribution is -2.49. The molecule has 6 nitrogen and oxygen atoms in total. The molecular formula is C17H27N3O3. The number of carbonyl (C=O) groups is 3. The lowest BCUT2D eigenvalue weighted by atomic mass is 9.86. The highest BCUT2D eigenvalue weighted by Crippen LogP contribution is 2.28. The van der Waals surface area contributed by atoms with Gasteiger partial charge < -0.3 is 10.2 Å². The molecule has 0 unspecified atom stereocenters. The van der Waals surface area contributed by atoms with Gasteiger partial charge in [0.2, 0.25) is 11.8 Å². The van der Waals surface area contributed by atoms with Crippen molar-refractivity contribution in [1.29, 1.82) is 0 Å². The van der Waals surface area contributed by atoms with Crippen LogP contribution in [-0.2, 0) is 9.59 Å². The molecule has 0 atom stereocenters. The summed E-state index contributed by atoms with van der Waals surface area (Å²) in [6.45, 7) is 1.43. The van der Waals surface area contributed by atoms with Gasteiger partial charge in [-0.25, -0.2) is 4.79 Å². The lowest BCUT2D eigenvalue weighted by Gasteiger charge is -2.35. The van der Waals surface area contributed by atoms with Crippen molar-refractivity contribution in [2.75, 3.05) is 19.6 Å². The van der Waals surface area contributed by atoms with E-state index in [2.05, 4.69) is 5.32 Å². The monoisotopic (exact) mass is 321 g/mol. The highest BCUT2D eigenvalue weighted by Gasteiger charge is 2.37. The summed E-state index contributed by atoms with van der Waals surface area (Å²) in [5, 5.41) is 2.56. The van der Waals surface area contributed by atoms with Crippen LogP contribution in [0.3, 0.4) is 0 Å². The van der Waals surface area contributed by atoms with Crippen LogP contribution in [0, 0.1) is 5.92 Å². The number of rotatable bonds is 4. The number of urea groups is 1. The third-order valence-electron chi connectivity index (χ3n) is 5.55. The minimum Gasteiger partial charge on any atom is -0.343 e. The molecule has 0 radical (unpaired) electrons. The Kier molecular flexibility index (Phi) is 5.18. The first kappa shape index (κ1) is 16.3. The molecule has 6 heteroatoms. The zero-order chi connectivity index (χ0) is 16.2. The van der Waals surface area contributed by atoms with Crippen molar-refractivity contribution in [3.63, 3.8) is 0 Å². The van der Waals surface area contributed by atoms with Crippen molar-refractivity contribution in [2.45, 2.75) is 63.8 Å². The summed E-state index contributed by atoms with van der Waals surface area (Å²) in [6.07, 6.45) is 9.61. The molecule has 0 bridgehead atoms. The van der Waals surface area contributed by atoms with Gasteiger partial charge in [-0.2, -0.15) is 0 Å². The van der Waals surface area contributed by atoms with Crippen LogP contribution >= 0.6 is 0 Å². The van der Waals surface area contributed by atoms with E-state index in [4.69, 9.17) is 0 Å². The van der Waals surface area contributed by atoms with Gasteiger partial charge in [0.15, 0.2) is 0 Å². The van der Waals surface area contributed by atoms with Gasteiger partial charge in [-0.05, 0) is 25.2 Å². The topological polar surface area (TPSA) is 69.7 Å². The lowest BCUT2D eigenvalue weighted by molar-refractivity contribution is -0.133. The summed E-state index contributed by atoms with van der Waals surface area (Å²) in [5.74, 6) is 0.833. The Morgan fingerprint density at radius 1 is 1.04 bits per heavy atom. The summed E-state index contributed by atoms with van der Waals surface area (Å²) >= 11 is 0. The van der Waals surface area contributed by atoms with Gasteiger partial charge >= 0.3 is 6.03 Å². The maximum atomic E-state index is 12.4. The Morgan fingerprint density at radius 2 is 1.74 bits per heavy atom. The van der Waals surface area contributed by atoms with Gasteiger partial charge in [-0.15, -0.1) is 0 Å². The van der Waals surface area contributed by atoms with Crippen molar-refractivity contribution < 1.29 is 14.4 Å². The minimum atomic E-state index is -0.280. The molecule has 128 valence electrons. The first-order chi connectivity index (χ1) is 11.1. The van der Waals surface area contributed by atoms with Crippen molar-refractivity contribution in [3.05, 3.63) is 0 Å². The van der Waals surface area contributed by atoms with E-state index in [-0.39, 0.29) is 30.4 Å². The van der Waals surface area contributed by atoms with Gasteiger partial charge in [0.05, 0.1) is 6.54 Å². The molecule has 1 aliphatic carbocycles. The first-order valence-corrected chi connectivity index (χ1v) is 9.03. The largest absolute Gasteiger partial charge is 0.343 e. The van der Waals surface area contributed by atoms with Crippen molar-refractivity contribution in [1.82, 2.24) is 15.1 Å². The van der Waals surface area contributed by atoms with E-state index in [1.54, 1.807) is 0 Å².